The Bertz CT molecular complexity index is 1390. The number of benzene rings is 1. The van der Waals surface area contributed by atoms with Crippen molar-refractivity contribution in [2.24, 2.45) is 0 Å². The quantitative estimate of drug-likeness (QED) is 0.262. The van der Waals surface area contributed by atoms with Gasteiger partial charge in [-0.05, 0) is 35.2 Å². The second kappa shape index (κ2) is 6.95. The zero-order chi connectivity index (χ0) is 20.0. The number of thiophene rings is 3. The molecule has 0 saturated heterocycles. The van der Waals surface area contributed by atoms with E-state index in [0.717, 1.165) is 4.88 Å². The van der Waals surface area contributed by atoms with Gasteiger partial charge in [0, 0.05) is 40.7 Å². The number of nitriles is 2. The van der Waals surface area contributed by atoms with E-state index in [4.69, 9.17) is 0 Å². The van der Waals surface area contributed by atoms with Crippen LogP contribution in [0.4, 0.5) is 0 Å². The van der Waals surface area contributed by atoms with Crippen molar-refractivity contribution in [2.45, 2.75) is 0 Å². The van der Waals surface area contributed by atoms with Crippen molar-refractivity contribution in [1.82, 2.24) is 0 Å². The lowest BCUT2D eigenvalue weighted by molar-refractivity contribution is 0.104. The van der Waals surface area contributed by atoms with Gasteiger partial charge >= 0.3 is 0 Å². The number of fused-ring (bicyclic) bond motifs is 2. The van der Waals surface area contributed by atoms with E-state index >= 15 is 0 Å². The summed E-state index contributed by atoms with van der Waals surface area (Å²) < 4.78 is 2.33. The Morgan fingerprint density at radius 2 is 1.66 bits per heavy atom. The van der Waals surface area contributed by atoms with Gasteiger partial charge in [-0.15, -0.1) is 34.0 Å². The van der Waals surface area contributed by atoms with Gasteiger partial charge < -0.3 is 0 Å². The van der Waals surface area contributed by atoms with Crippen LogP contribution in [0.1, 0.15) is 20.8 Å². The standard InChI is InChI=1S/C23H10N2OS3/c24-11-13(12-25)22-15-4-1-2-5-16(15)23(26)17(22)8-14-9-19-21(28-14)10-20(29-19)18-6-3-7-27-18/h1-10H/b17-8-. The molecule has 3 nitrogen and oxygen atoms in total. The van der Waals surface area contributed by atoms with Gasteiger partial charge in [0.25, 0.3) is 0 Å². The first kappa shape index (κ1) is 17.8. The Kier molecular flexibility index (Phi) is 4.26. The van der Waals surface area contributed by atoms with E-state index in [2.05, 4.69) is 23.6 Å². The summed E-state index contributed by atoms with van der Waals surface area (Å²) in [6.45, 7) is 0. The van der Waals surface area contributed by atoms with Gasteiger partial charge in [0.2, 0.25) is 0 Å². The summed E-state index contributed by atoms with van der Waals surface area (Å²) in [5.74, 6) is -0.144. The molecule has 6 heteroatoms. The van der Waals surface area contributed by atoms with Gasteiger partial charge in [-0.3, -0.25) is 4.79 Å². The number of carbonyl (C=O) groups is 1. The average molecular weight is 427 g/mol. The molecule has 3 heterocycles. The van der Waals surface area contributed by atoms with Crippen molar-refractivity contribution in [3.8, 4) is 21.9 Å². The van der Waals surface area contributed by atoms with E-state index < -0.39 is 0 Å². The summed E-state index contributed by atoms with van der Waals surface area (Å²) in [6.07, 6.45) is 1.81. The van der Waals surface area contributed by atoms with Gasteiger partial charge in [-0.1, -0.05) is 30.3 Å². The number of rotatable bonds is 2. The van der Waals surface area contributed by atoms with Gasteiger partial charge in [0.15, 0.2) is 5.78 Å². The molecule has 0 saturated carbocycles. The first-order valence-corrected chi connectivity index (χ1v) is 11.2. The molecule has 0 aliphatic heterocycles. The highest BCUT2D eigenvalue weighted by Gasteiger charge is 2.32. The molecule has 0 atom stereocenters. The maximum atomic E-state index is 13.0. The molecular weight excluding hydrogens is 416 g/mol. The number of hydrogen-bond acceptors (Lipinski definition) is 6. The predicted octanol–water partition coefficient (Wildman–Crippen LogP) is 6.77. The lowest BCUT2D eigenvalue weighted by Gasteiger charge is -2.01. The second-order valence-electron chi connectivity index (χ2n) is 6.37. The monoisotopic (exact) mass is 426 g/mol. The molecule has 29 heavy (non-hydrogen) atoms. The van der Waals surface area contributed by atoms with E-state index in [9.17, 15) is 15.3 Å². The number of ketones is 1. The zero-order valence-corrected chi connectivity index (χ0v) is 17.3. The minimum atomic E-state index is -0.144. The highest BCUT2D eigenvalue weighted by molar-refractivity contribution is 7.31. The van der Waals surface area contributed by atoms with Crippen molar-refractivity contribution in [3.05, 3.63) is 81.1 Å². The highest BCUT2D eigenvalue weighted by Crippen LogP contribution is 2.43. The molecule has 1 aromatic carbocycles. The zero-order valence-electron chi connectivity index (χ0n) is 14.8. The Morgan fingerprint density at radius 1 is 0.897 bits per heavy atom. The second-order valence-corrected chi connectivity index (χ2v) is 9.52. The smallest absolute Gasteiger partial charge is 0.194 e. The first-order valence-electron chi connectivity index (χ1n) is 8.67. The summed E-state index contributed by atoms with van der Waals surface area (Å²) in [7, 11) is 0. The van der Waals surface area contributed by atoms with E-state index in [1.807, 2.05) is 30.3 Å². The molecule has 4 aromatic rings. The molecule has 0 amide bonds. The van der Waals surface area contributed by atoms with Crippen LogP contribution >= 0.6 is 34.0 Å². The fourth-order valence-electron chi connectivity index (χ4n) is 3.45. The minimum absolute atomic E-state index is 0.0344. The van der Waals surface area contributed by atoms with E-state index in [0.29, 0.717) is 22.3 Å². The fraction of sp³-hybridized carbons (Fsp3) is 0. The van der Waals surface area contributed by atoms with E-state index in [1.165, 1.54) is 19.2 Å². The summed E-state index contributed by atoms with van der Waals surface area (Å²) in [4.78, 5) is 16.4. The Labute approximate surface area is 178 Å². The molecule has 136 valence electrons. The Morgan fingerprint density at radius 3 is 2.34 bits per heavy atom. The van der Waals surface area contributed by atoms with Crippen LogP contribution in [0.25, 0.3) is 30.8 Å². The number of hydrogen-bond donors (Lipinski definition) is 0. The minimum Gasteiger partial charge on any atom is -0.289 e. The number of carbonyl (C=O) groups excluding carboxylic acids is 1. The first-order chi connectivity index (χ1) is 14.2. The topological polar surface area (TPSA) is 64.7 Å². The van der Waals surface area contributed by atoms with E-state index in [-0.39, 0.29) is 11.4 Å². The van der Waals surface area contributed by atoms with Crippen LogP contribution in [0.15, 0.2) is 65.1 Å². The maximum Gasteiger partial charge on any atom is 0.194 e. The predicted molar refractivity (Wildman–Crippen MR) is 120 cm³/mol. The van der Waals surface area contributed by atoms with Crippen molar-refractivity contribution >= 4 is 60.8 Å². The molecule has 1 aliphatic rings. The molecule has 3 aromatic heterocycles. The average Bonchev–Trinajstić information content (AvgIpc) is 3.49. The molecule has 0 radical (unpaired) electrons. The summed E-state index contributed by atoms with van der Waals surface area (Å²) in [5, 5.41) is 20.9. The van der Waals surface area contributed by atoms with Crippen LogP contribution in [-0.2, 0) is 0 Å². The summed E-state index contributed by atoms with van der Waals surface area (Å²) in [5.41, 5.74) is 2.01. The molecule has 0 unspecified atom stereocenters. The normalized spacial score (nSPS) is 14.2. The molecule has 0 fully saturated rings. The SMILES string of the molecule is N#CC(C#N)=C1/C(=C/c2cc3sc(-c4cccs4)cc3s2)C(=O)c2ccccc21. The molecule has 0 bridgehead atoms. The van der Waals surface area contributed by atoms with Crippen LogP contribution in [0.2, 0.25) is 0 Å². The van der Waals surface area contributed by atoms with Crippen molar-refractivity contribution in [1.29, 1.82) is 10.5 Å². The highest BCUT2D eigenvalue weighted by atomic mass is 32.1. The lowest BCUT2D eigenvalue weighted by atomic mass is 9.99. The summed E-state index contributed by atoms with van der Waals surface area (Å²) in [6, 6.07) is 19.4. The maximum absolute atomic E-state index is 13.0. The largest absolute Gasteiger partial charge is 0.289 e. The van der Waals surface area contributed by atoms with Crippen LogP contribution in [0.3, 0.4) is 0 Å². The van der Waals surface area contributed by atoms with E-state index in [1.54, 1.807) is 52.2 Å². The molecule has 5 rings (SSSR count). The van der Waals surface area contributed by atoms with Gasteiger partial charge in [0.05, 0.1) is 0 Å². The molecule has 0 spiro atoms. The van der Waals surface area contributed by atoms with Gasteiger partial charge in [0.1, 0.15) is 17.7 Å². The van der Waals surface area contributed by atoms with Gasteiger partial charge in [-0.2, -0.15) is 10.5 Å². The number of Topliss-reactive ketones (excluding diaryl/α,β-unsaturated/α-hetero) is 1. The lowest BCUT2D eigenvalue weighted by Crippen LogP contribution is -1.95. The molecule has 0 N–H and O–H groups in total. The van der Waals surface area contributed by atoms with Crippen LogP contribution < -0.4 is 0 Å². The third kappa shape index (κ3) is 2.86. The molecular formula is C23H10N2OS3. The van der Waals surface area contributed by atoms with Crippen LogP contribution in [-0.4, -0.2) is 5.78 Å². The van der Waals surface area contributed by atoms with Crippen molar-refractivity contribution in [3.63, 3.8) is 0 Å². The number of allylic oxidation sites excluding steroid dienone is 3. The summed E-state index contributed by atoms with van der Waals surface area (Å²) >= 11 is 5.06. The Hall–Kier alpha value is -3.29. The van der Waals surface area contributed by atoms with Crippen molar-refractivity contribution < 1.29 is 4.79 Å². The van der Waals surface area contributed by atoms with Gasteiger partial charge in [-0.25, -0.2) is 0 Å². The van der Waals surface area contributed by atoms with Crippen LogP contribution in [0.5, 0.6) is 0 Å². The van der Waals surface area contributed by atoms with Crippen LogP contribution in [0, 0.1) is 22.7 Å². The third-order valence-corrected chi connectivity index (χ3v) is 8.01. The van der Waals surface area contributed by atoms with Crippen molar-refractivity contribution in [2.75, 3.05) is 0 Å². The molecule has 1 aliphatic carbocycles. The third-order valence-electron chi connectivity index (χ3n) is 4.71. The fourth-order valence-corrected chi connectivity index (χ4v) is 6.63. The number of nitrogens with zero attached hydrogens (tertiary/aromatic N) is 2. The Balaban J connectivity index is 1.63.